The van der Waals surface area contributed by atoms with Crippen molar-refractivity contribution in [1.29, 1.82) is 0 Å². The molecule has 1 aromatic rings. The number of aryl methyl sites for hydroxylation is 1. The third-order valence-corrected chi connectivity index (χ3v) is 3.28. The van der Waals surface area contributed by atoms with E-state index in [1.165, 1.54) is 0 Å². The lowest BCUT2D eigenvalue weighted by atomic mass is 10.1. The number of carbonyl (C=O) groups excluding carboxylic acids is 1. The summed E-state index contributed by atoms with van der Waals surface area (Å²) in [5, 5.41) is 2.79. The third kappa shape index (κ3) is 2.86. The molecule has 0 heterocycles. The number of nitrogens with one attached hydrogen (secondary N) is 1. The fraction of sp³-hybridized carbons (Fsp3) is 0.308. The Kier molecular flexibility index (Phi) is 3.77. The van der Waals surface area contributed by atoms with E-state index >= 15 is 0 Å². The van der Waals surface area contributed by atoms with Crippen LogP contribution in [0.15, 0.2) is 22.7 Å². The Balaban J connectivity index is 2.99. The first-order valence-corrected chi connectivity index (χ1v) is 5.72. The van der Waals surface area contributed by atoms with Gasteiger partial charge < -0.3 is 5.32 Å². The molecule has 0 aliphatic carbocycles. The zero-order valence-corrected chi connectivity index (χ0v) is 11.2. The highest BCUT2D eigenvalue weighted by molar-refractivity contribution is 9.10. The Hall–Kier alpha value is -1.27. The summed E-state index contributed by atoms with van der Waals surface area (Å²) < 4.78 is 0.806. The van der Waals surface area contributed by atoms with Crippen molar-refractivity contribution in [1.82, 2.24) is 5.32 Å². The van der Waals surface area contributed by atoms with Crippen LogP contribution in [0.3, 0.4) is 0 Å². The summed E-state index contributed by atoms with van der Waals surface area (Å²) in [4.78, 5) is 12.0. The van der Waals surface area contributed by atoms with E-state index in [2.05, 4.69) is 27.2 Å². The quantitative estimate of drug-likeness (QED) is 0.829. The number of halogens is 1. The first-order chi connectivity index (χ1) is 7.37. The average Bonchev–Trinajstić information content (AvgIpc) is 2.21. The smallest absolute Gasteiger partial charge is 0.253 e. The van der Waals surface area contributed by atoms with Gasteiger partial charge in [0.1, 0.15) is 0 Å². The van der Waals surface area contributed by atoms with E-state index in [1.807, 2.05) is 19.1 Å². The van der Waals surface area contributed by atoms with Gasteiger partial charge in [0.2, 0.25) is 0 Å². The summed E-state index contributed by atoms with van der Waals surface area (Å²) in [5.74, 6) is 2.36. The molecule has 0 aliphatic rings. The summed E-state index contributed by atoms with van der Waals surface area (Å²) in [6.07, 6.45) is 5.32. The SMILES string of the molecule is C#CC(C)(C)NC(=O)c1cccc(C)c1Br. The van der Waals surface area contributed by atoms with E-state index in [0.29, 0.717) is 5.56 Å². The Morgan fingerprint density at radius 1 is 1.50 bits per heavy atom. The molecule has 16 heavy (non-hydrogen) atoms. The van der Waals surface area contributed by atoms with Crippen molar-refractivity contribution >= 4 is 21.8 Å². The summed E-state index contributed by atoms with van der Waals surface area (Å²) in [6, 6.07) is 5.55. The maximum Gasteiger partial charge on any atom is 0.253 e. The molecule has 1 amide bonds. The van der Waals surface area contributed by atoms with Crippen LogP contribution < -0.4 is 5.32 Å². The summed E-state index contributed by atoms with van der Waals surface area (Å²) in [6.45, 7) is 5.51. The molecule has 3 heteroatoms. The maximum absolute atomic E-state index is 12.0. The molecule has 84 valence electrons. The van der Waals surface area contributed by atoms with Gasteiger partial charge in [-0.3, -0.25) is 4.79 Å². The Morgan fingerprint density at radius 3 is 2.69 bits per heavy atom. The Morgan fingerprint density at radius 2 is 2.12 bits per heavy atom. The van der Waals surface area contributed by atoms with Crippen LogP contribution in [-0.2, 0) is 0 Å². The van der Waals surface area contributed by atoms with Crippen molar-refractivity contribution in [2.75, 3.05) is 0 Å². The lowest BCUT2D eigenvalue weighted by Crippen LogP contribution is -2.42. The molecule has 1 rings (SSSR count). The zero-order chi connectivity index (χ0) is 12.3. The number of carbonyl (C=O) groups is 1. The van der Waals surface area contributed by atoms with Crippen LogP contribution >= 0.6 is 15.9 Å². The molecule has 2 nitrogen and oxygen atoms in total. The molecule has 1 aromatic carbocycles. The van der Waals surface area contributed by atoms with E-state index in [0.717, 1.165) is 10.0 Å². The van der Waals surface area contributed by atoms with Gasteiger partial charge in [0.15, 0.2) is 0 Å². The topological polar surface area (TPSA) is 29.1 Å². The molecule has 0 unspecified atom stereocenters. The summed E-state index contributed by atoms with van der Waals surface area (Å²) >= 11 is 3.40. The van der Waals surface area contributed by atoms with Gasteiger partial charge in [-0.25, -0.2) is 0 Å². The molecule has 0 aromatic heterocycles. The van der Waals surface area contributed by atoms with Crippen molar-refractivity contribution in [2.24, 2.45) is 0 Å². The second kappa shape index (κ2) is 4.71. The van der Waals surface area contributed by atoms with Gasteiger partial charge in [0, 0.05) is 4.47 Å². The molecular weight excluding hydrogens is 266 g/mol. The third-order valence-electron chi connectivity index (χ3n) is 2.22. The highest BCUT2D eigenvalue weighted by Crippen LogP contribution is 2.21. The second-order valence-corrected chi connectivity index (χ2v) is 4.95. The van der Waals surface area contributed by atoms with Crippen molar-refractivity contribution in [3.8, 4) is 12.3 Å². The number of benzene rings is 1. The number of terminal acetylenes is 1. The summed E-state index contributed by atoms with van der Waals surface area (Å²) in [5.41, 5.74) is 0.981. The molecule has 0 bridgehead atoms. The second-order valence-electron chi connectivity index (χ2n) is 4.16. The molecule has 0 radical (unpaired) electrons. The van der Waals surface area contributed by atoms with Crippen LogP contribution in [0, 0.1) is 19.3 Å². The lowest BCUT2D eigenvalue weighted by molar-refractivity contribution is 0.0929. The Labute approximate surface area is 105 Å². The van der Waals surface area contributed by atoms with Crippen LogP contribution in [0.2, 0.25) is 0 Å². The van der Waals surface area contributed by atoms with E-state index in [4.69, 9.17) is 6.42 Å². The Bertz CT molecular complexity index is 457. The normalized spacial score (nSPS) is 10.7. The molecule has 0 atom stereocenters. The van der Waals surface area contributed by atoms with Crippen molar-refractivity contribution < 1.29 is 4.79 Å². The molecule has 0 saturated carbocycles. The van der Waals surface area contributed by atoms with E-state index < -0.39 is 5.54 Å². The summed E-state index contributed by atoms with van der Waals surface area (Å²) in [7, 11) is 0. The van der Waals surface area contributed by atoms with Gasteiger partial charge in [-0.1, -0.05) is 18.1 Å². The van der Waals surface area contributed by atoms with Gasteiger partial charge in [-0.05, 0) is 48.3 Å². The van der Waals surface area contributed by atoms with Gasteiger partial charge in [0.05, 0.1) is 11.1 Å². The van der Waals surface area contributed by atoms with Gasteiger partial charge in [-0.2, -0.15) is 0 Å². The predicted molar refractivity (Wildman–Crippen MR) is 69.3 cm³/mol. The molecule has 0 fully saturated rings. The zero-order valence-electron chi connectivity index (χ0n) is 9.60. The number of rotatable bonds is 2. The van der Waals surface area contributed by atoms with E-state index in [9.17, 15) is 4.79 Å². The van der Waals surface area contributed by atoms with E-state index in [1.54, 1.807) is 19.9 Å². The van der Waals surface area contributed by atoms with Crippen molar-refractivity contribution in [2.45, 2.75) is 26.3 Å². The minimum atomic E-state index is -0.639. The predicted octanol–water partition coefficient (Wildman–Crippen LogP) is 2.90. The number of hydrogen-bond donors (Lipinski definition) is 1. The van der Waals surface area contributed by atoms with Crippen LogP contribution in [0.4, 0.5) is 0 Å². The number of amides is 1. The lowest BCUT2D eigenvalue weighted by Gasteiger charge is -2.20. The van der Waals surface area contributed by atoms with Gasteiger partial charge >= 0.3 is 0 Å². The minimum absolute atomic E-state index is 0.168. The molecule has 0 saturated heterocycles. The standard InChI is InChI=1S/C13H14BrNO/c1-5-13(3,4)15-12(16)10-8-6-7-9(2)11(10)14/h1,6-8H,2-4H3,(H,15,16). The van der Waals surface area contributed by atoms with Crippen molar-refractivity contribution in [3.63, 3.8) is 0 Å². The number of hydrogen-bond acceptors (Lipinski definition) is 1. The fourth-order valence-electron chi connectivity index (χ4n) is 1.21. The molecular formula is C13H14BrNO. The first kappa shape index (κ1) is 12.8. The van der Waals surface area contributed by atoms with Crippen LogP contribution in [0.5, 0.6) is 0 Å². The van der Waals surface area contributed by atoms with Crippen molar-refractivity contribution in [3.05, 3.63) is 33.8 Å². The molecule has 0 aliphatic heterocycles. The minimum Gasteiger partial charge on any atom is -0.336 e. The highest BCUT2D eigenvalue weighted by Gasteiger charge is 2.19. The van der Waals surface area contributed by atoms with E-state index in [-0.39, 0.29) is 5.91 Å². The van der Waals surface area contributed by atoms with Crippen LogP contribution in [0.1, 0.15) is 29.8 Å². The fourth-order valence-corrected chi connectivity index (χ4v) is 1.65. The monoisotopic (exact) mass is 279 g/mol. The largest absolute Gasteiger partial charge is 0.336 e. The average molecular weight is 280 g/mol. The van der Waals surface area contributed by atoms with Crippen LogP contribution in [-0.4, -0.2) is 11.4 Å². The van der Waals surface area contributed by atoms with Gasteiger partial charge in [-0.15, -0.1) is 6.42 Å². The highest BCUT2D eigenvalue weighted by atomic mass is 79.9. The molecule has 0 spiro atoms. The first-order valence-electron chi connectivity index (χ1n) is 4.93. The molecule has 1 N–H and O–H groups in total. The maximum atomic E-state index is 12.0. The van der Waals surface area contributed by atoms with Gasteiger partial charge in [0.25, 0.3) is 5.91 Å². The van der Waals surface area contributed by atoms with Crippen LogP contribution in [0.25, 0.3) is 0 Å².